The number of H-pyrrole nitrogens is 1. The lowest BCUT2D eigenvalue weighted by Gasteiger charge is -2.07. The van der Waals surface area contributed by atoms with Crippen LogP contribution in [-0.4, -0.2) is 24.7 Å². The van der Waals surface area contributed by atoms with Crippen LogP contribution < -0.4 is 5.56 Å². The van der Waals surface area contributed by atoms with Crippen LogP contribution >= 0.6 is 11.3 Å². The standard InChI is InChI=1S/C30H26N4O2S/c1-17(2)15-19-9-11-21(12-10-19)27-25(20-7-5-4-6-8-20)28-32-29(35)26(30(36)34(28)33-27)22-13-14-23-24(16-22)37-18(3)31-23/h4-14,16-17,36H,15H2,1-3H3,(H,32,35). The van der Waals surface area contributed by atoms with Gasteiger partial charge in [-0.2, -0.15) is 9.61 Å². The second-order valence-corrected chi connectivity index (χ2v) is 10.9. The fourth-order valence-electron chi connectivity index (χ4n) is 4.87. The maximum absolute atomic E-state index is 13.4. The van der Waals surface area contributed by atoms with Crippen LogP contribution in [0.25, 0.3) is 49.4 Å². The second-order valence-electron chi connectivity index (χ2n) is 9.71. The van der Waals surface area contributed by atoms with Crippen molar-refractivity contribution in [3.63, 3.8) is 0 Å². The number of nitrogens with zero attached hydrogens (tertiary/aromatic N) is 3. The third-order valence-electron chi connectivity index (χ3n) is 6.49. The number of benzene rings is 3. The summed E-state index contributed by atoms with van der Waals surface area (Å²) in [5, 5.41) is 17.2. The van der Waals surface area contributed by atoms with Gasteiger partial charge in [0, 0.05) is 5.56 Å². The number of thiazole rings is 1. The Labute approximate surface area is 217 Å². The summed E-state index contributed by atoms with van der Waals surface area (Å²) in [6.07, 6.45) is 0.998. The van der Waals surface area contributed by atoms with Gasteiger partial charge in [-0.25, -0.2) is 4.98 Å². The van der Waals surface area contributed by atoms with E-state index in [1.165, 1.54) is 10.1 Å². The van der Waals surface area contributed by atoms with Crippen molar-refractivity contribution < 1.29 is 5.11 Å². The predicted octanol–water partition coefficient (Wildman–Crippen LogP) is 6.85. The molecule has 0 aliphatic heterocycles. The van der Waals surface area contributed by atoms with Gasteiger partial charge in [-0.1, -0.05) is 74.5 Å². The Morgan fingerprint density at radius 1 is 0.946 bits per heavy atom. The van der Waals surface area contributed by atoms with Gasteiger partial charge in [0.2, 0.25) is 5.88 Å². The Morgan fingerprint density at radius 2 is 1.68 bits per heavy atom. The average Bonchev–Trinajstić information content (AvgIpc) is 3.44. The lowest BCUT2D eigenvalue weighted by atomic mass is 9.98. The second kappa shape index (κ2) is 9.01. The summed E-state index contributed by atoms with van der Waals surface area (Å²) in [5.74, 6) is 0.369. The molecule has 0 saturated carbocycles. The van der Waals surface area contributed by atoms with Gasteiger partial charge in [-0.05, 0) is 48.1 Å². The van der Waals surface area contributed by atoms with Crippen LogP contribution in [0.4, 0.5) is 0 Å². The third-order valence-corrected chi connectivity index (χ3v) is 7.42. The summed E-state index contributed by atoms with van der Waals surface area (Å²) in [5.41, 5.74) is 6.29. The van der Waals surface area contributed by atoms with Gasteiger partial charge in [0.05, 0.1) is 20.8 Å². The Hall–Kier alpha value is -4.23. The average molecular weight is 507 g/mol. The lowest BCUT2D eigenvalue weighted by Crippen LogP contribution is -2.12. The molecule has 3 heterocycles. The highest BCUT2D eigenvalue weighted by molar-refractivity contribution is 7.18. The van der Waals surface area contributed by atoms with Crippen molar-refractivity contribution in [2.75, 3.05) is 0 Å². The van der Waals surface area contributed by atoms with E-state index < -0.39 is 0 Å². The number of aromatic nitrogens is 4. The Kier molecular flexibility index (Phi) is 5.65. The fourth-order valence-corrected chi connectivity index (χ4v) is 5.74. The molecule has 0 aliphatic rings. The minimum atomic E-state index is -0.374. The van der Waals surface area contributed by atoms with E-state index in [1.807, 2.05) is 55.5 Å². The number of hydrogen-bond acceptors (Lipinski definition) is 5. The number of nitrogens with one attached hydrogen (secondary N) is 1. The van der Waals surface area contributed by atoms with Crippen LogP contribution in [0.1, 0.15) is 24.4 Å². The van der Waals surface area contributed by atoms with Crippen molar-refractivity contribution in [1.29, 1.82) is 0 Å². The maximum Gasteiger partial charge on any atom is 0.262 e. The third kappa shape index (κ3) is 4.11. The van der Waals surface area contributed by atoms with Gasteiger partial charge in [0.1, 0.15) is 16.9 Å². The molecule has 0 atom stereocenters. The molecule has 3 aromatic heterocycles. The van der Waals surface area contributed by atoms with Crippen molar-refractivity contribution in [3.05, 3.63) is 93.7 Å². The molecule has 0 unspecified atom stereocenters. The van der Waals surface area contributed by atoms with Crippen LogP contribution in [0.3, 0.4) is 0 Å². The first-order valence-corrected chi connectivity index (χ1v) is 13.1. The molecular weight excluding hydrogens is 480 g/mol. The zero-order valence-corrected chi connectivity index (χ0v) is 21.6. The van der Waals surface area contributed by atoms with Gasteiger partial charge in [0.25, 0.3) is 5.56 Å². The van der Waals surface area contributed by atoms with Gasteiger partial charge in [-0.3, -0.25) is 4.79 Å². The molecule has 2 N–H and O–H groups in total. The Bertz CT molecular complexity index is 1810. The summed E-state index contributed by atoms with van der Waals surface area (Å²) < 4.78 is 2.40. The molecule has 0 amide bonds. The number of fused-ring (bicyclic) bond motifs is 2. The fraction of sp³-hybridized carbons (Fsp3) is 0.167. The molecule has 37 heavy (non-hydrogen) atoms. The van der Waals surface area contributed by atoms with Crippen molar-refractivity contribution in [1.82, 2.24) is 19.6 Å². The SMILES string of the molecule is Cc1nc2ccc(-c3c(O)n4nc(-c5ccc(CC(C)C)cc5)c(-c5ccccc5)c4[nH]c3=O)cc2s1. The molecule has 0 spiro atoms. The van der Waals surface area contributed by atoms with Crippen molar-refractivity contribution in [3.8, 4) is 39.4 Å². The van der Waals surface area contributed by atoms with Crippen LogP contribution in [0.2, 0.25) is 0 Å². The van der Waals surface area contributed by atoms with Crippen LogP contribution in [-0.2, 0) is 6.42 Å². The minimum Gasteiger partial charge on any atom is -0.493 e. The Balaban J connectivity index is 1.58. The van der Waals surface area contributed by atoms with E-state index in [1.54, 1.807) is 11.3 Å². The molecule has 0 aliphatic carbocycles. The number of rotatable bonds is 5. The van der Waals surface area contributed by atoms with E-state index >= 15 is 0 Å². The summed E-state index contributed by atoms with van der Waals surface area (Å²) >= 11 is 1.55. The summed E-state index contributed by atoms with van der Waals surface area (Å²) in [4.78, 5) is 20.9. The highest BCUT2D eigenvalue weighted by Crippen LogP contribution is 2.38. The van der Waals surface area contributed by atoms with Crippen molar-refractivity contribution in [2.45, 2.75) is 27.2 Å². The van der Waals surface area contributed by atoms with Crippen LogP contribution in [0, 0.1) is 12.8 Å². The smallest absolute Gasteiger partial charge is 0.262 e. The molecule has 0 radical (unpaired) electrons. The number of aryl methyl sites for hydroxylation is 1. The van der Waals surface area contributed by atoms with E-state index in [4.69, 9.17) is 5.10 Å². The molecular formula is C30H26N4O2S. The largest absolute Gasteiger partial charge is 0.493 e. The minimum absolute atomic E-state index is 0.182. The highest BCUT2D eigenvalue weighted by atomic mass is 32.1. The quantitative estimate of drug-likeness (QED) is 0.268. The first kappa shape index (κ1) is 23.2. The van der Waals surface area contributed by atoms with E-state index in [0.717, 1.165) is 38.3 Å². The predicted molar refractivity (Wildman–Crippen MR) is 150 cm³/mol. The number of aromatic hydroxyl groups is 1. The summed E-state index contributed by atoms with van der Waals surface area (Å²) in [6, 6.07) is 23.8. The summed E-state index contributed by atoms with van der Waals surface area (Å²) in [7, 11) is 0. The summed E-state index contributed by atoms with van der Waals surface area (Å²) in [6.45, 7) is 6.36. The number of hydrogen-bond donors (Lipinski definition) is 2. The number of aromatic amines is 1. The maximum atomic E-state index is 13.4. The Morgan fingerprint density at radius 3 is 2.41 bits per heavy atom. The van der Waals surface area contributed by atoms with E-state index in [9.17, 15) is 9.90 Å². The normalized spacial score (nSPS) is 11.7. The van der Waals surface area contributed by atoms with Crippen molar-refractivity contribution in [2.24, 2.45) is 5.92 Å². The van der Waals surface area contributed by atoms with Crippen molar-refractivity contribution >= 4 is 27.2 Å². The molecule has 0 fully saturated rings. The molecule has 184 valence electrons. The highest BCUT2D eigenvalue weighted by Gasteiger charge is 2.23. The van der Waals surface area contributed by atoms with Crippen LogP contribution in [0.5, 0.6) is 5.88 Å². The van der Waals surface area contributed by atoms with Gasteiger partial charge in [-0.15, -0.1) is 11.3 Å². The lowest BCUT2D eigenvalue weighted by molar-refractivity contribution is 0.437. The van der Waals surface area contributed by atoms with Crippen LogP contribution in [0.15, 0.2) is 77.6 Å². The molecule has 6 aromatic rings. The molecule has 0 bridgehead atoms. The topological polar surface area (TPSA) is 83.3 Å². The zero-order valence-electron chi connectivity index (χ0n) is 20.8. The van der Waals surface area contributed by atoms with Gasteiger partial charge in [0.15, 0.2) is 0 Å². The van der Waals surface area contributed by atoms with Gasteiger partial charge < -0.3 is 10.1 Å². The molecule has 7 heteroatoms. The van der Waals surface area contributed by atoms with E-state index in [2.05, 4.69) is 48.1 Å². The molecule has 6 rings (SSSR count). The van der Waals surface area contributed by atoms with E-state index in [-0.39, 0.29) is 17.0 Å². The first-order valence-electron chi connectivity index (χ1n) is 12.3. The molecule has 3 aromatic carbocycles. The first-order chi connectivity index (χ1) is 17.9. The molecule has 0 saturated heterocycles. The van der Waals surface area contributed by atoms with E-state index in [0.29, 0.717) is 22.8 Å². The molecule has 6 nitrogen and oxygen atoms in total. The zero-order chi connectivity index (χ0) is 25.7. The monoisotopic (exact) mass is 506 g/mol. The van der Waals surface area contributed by atoms with Gasteiger partial charge >= 0.3 is 0 Å².